The minimum atomic E-state index is 0.343. The number of aromatic nitrogens is 2. The third kappa shape index (κ3) is 2.01. The fourth-order valence-electron chi connectivity index (χ4n) is 2.02. The van der Waals surface area contributed by atoms with Crippen molar-refractivity contribution in [1.29, 1.82) is 0 Å². The van der Waals surface area contributed by atoms with Crippen LogP contribution in [0.5, 0.6) is 0 Å². The standard InChI is InChI=1S/C12H22N4/c1-7(2)16-12(11(13)9(4)15-16)14-6-10-5-8(10)3/h7-8,10,14H,5-6,13H2,1-4H3. The highest BCUT2D eigenvalue weighted by molar-refractivity contribution is 5.64. The van der Waals surface area contributed by atoms with Gasteiger partial charge < -0.3 is 11.1 Å². The summed E-state index contributed by atoms with van der Waals surface area (Å²) in [6, 6.07) is 0.343. The van der Waals surface area contributed by atoms with Gasteiger partial charge in [-0.25, -0.2) is 4.68 Å². The van der Waals surface area contributed by atoms with Gasteiger partial charge in [0.15, 0.2) is 0 Å². The van der Waals surface area contributed by atoms with Crippen molar-refractivity contribution in [1.82, 2.24) is 9.78 Å². The van der Waals surface area contributed by atoms with E-state index < -0.39 is 0 Å². The van der Waals surface area contributed by atoms with Crippen molar-refractivity contribution in [3.05, 3.63) is 5.69 Å². The number of hydrogen-bond donors (Lipinski definition) is 2. The van der Waals surface area contributed by atoms with Crippen LogP contribution in [0.1, 0.15) is 38.9 Å². The average Bonchev–Trinajstić information content (AvgIpc) is 2.84. The average molecular weight is 222 g/mol. The Bertz CT molecular complexity index is 381. The van der Waals surface area contributed by atoms with E-state index in [-0.39, 0.29) is 0 Å². The fraction of sp³-hybridized carbons (Fsp3) is 0.750. The molecule has 0 amide bonds. The van der Waals surface area contributed by atoms with Crippen LogP contribution in [0.3, 0.4) is 0 Å². The highest BCUT2D eigenvalue weighted by atomic mass is 15.4. The highest BCUT2D eigenvalue weighted by Gasteiger charge is 2.32. The zero-order chi connectivity index (χ0) is 11.9. The van der Waals surface area contributed by atoms with E-state index in [0.717, 1.165) is 35.6 Å². The molecule has 4 heteroatoms. The molecule has 2 unspecified atom stereocenters. The van der Waals surface area contributed by atoms with Crippen LogP contribution >= 0.6 is 0 Å². The molecule has 0 aliphatic heterocycles. The quantitative estimate of drug-likeness (QED) is 0.822. The van der Waals surface area contributed by atoms with Crippen molar-refractivity contribution < 1.29 is 0 Å². The summed E-state index contributed by atoms with van der Waals surface area (Å²) < 4.78 is 1.98. The van der Waals surface area contributed by atoms with Gasteiger partial charge in [-0.1, -0.05) is 6.92 Å². The lowest BCUT2D eigenvalue weighted by Gasteiger charge is -2.13. The Morgan fingerprint density at radius 2 is 2.19 bits per heavy atom. The summed E-state index contributed by atoms with van der Waals surface area (Å²) in [6.07, 6.45) is 1.34. The summed E-state index contributed by atoms with van der Waals surface area (Å²) in [5.74, 6) is 2.67. The number of nitrogens with two attached hydrogens (primary N) is 1. The second-order valence-electron chi connectivity index (χ2n) is 5.24. The Morgan fingerprint density at radius 3 is 2.69 bits per heavy atom. The molecular formula is C12H22N4. The molecule has 0 spiro atoms. The Morgan fingerprint density at radius 1 is 1.56 bits per heavy atom. The van der Waals surface area contributed by atoms with Crippen molar-refractivity contribution in [3.8, 4) is 0 Å². The van der Waals surface area contributed by atoms with Gasteiger partial charge in [-0.15, -0.1) is 0 Å². The zero-order valence-electron chi connectivity index (χ0n) is 10.6. The number of nitrogens with one attached hydrogen (secondary N) is 1. The van der Waals surface area contributed by atoms with Gasteiger partial charge in [0, 0.05) is 12.6 Å². The second-order valence-corrected chi connectivity index (χ2v) is 5.24. The van der Waals surface area contributed by atoms with Gasteiger partial charge in [0.25, 0.3) is 0 Å². The fourth-order valence-corrected chi connectivity index (χ4v) is 2.02. The lowest BCUT2D eigenvalue weighted by atomic mass is 10.3. The molecule has 0 bridgehead atoms. The minimum absolute atomic E-state index is 0.343. The lowest BCUT2D eigenvalue weighted by Crippen LogP contribution is -2.13. The van der Waals surface area contributed by atoms with Crippen LogP contribution < -0.4 is 11.1 Å². The molecular weight excluding hydrogens is 200 g/mol. The van der Waals surface area contributed by atoms with E-state index in [1.807, 2.05) is 11.6 Å². The van der Waals surface area contributed by atoms with Crippen LogP contribution in [0.25, 0.3) is 0 Å². The van der Waals surface area contributed by atoms with Crippen LogP contribution in [0.15, 0.2) is 0 Å². The van der Waals surface area contributed by atoms with Gasteiger partial charge in [0.05, 0.1) is 11.4 Å². The maximum absolute atomic E-state index is 6.04. The van der Waals surface area contributed by atoms with Crippen molar-refractivity contribution >= 4 is 11.5 Å². The Hall–Kier alpha value is -1.19. The number of nitrogen functional groups attached to an aromatic ring is 1. The summed E-state index contributed by atoms with van der Waals surface area (Å²) in [7, 11) is 0. The van der Waals surface area contributed by atoms with Gasteiger partial charge >= 0.3 is 0 Å². The van der Waals surface area contributed by atoms with Crippen LogP contribution in [0.4, 0.5) is 11.5 Å². The van der Waals surface area contributed by atoms with Crippen LogP contribution in [-0.4, -0.2) is 16.3 Å². The number of anilines is 2. The molecule has 0 aromatic carbocycles. The van der Waals surface area contributed by atoms with E-state index in [1.54, 1.807) is 0 Å². The van der Waals surface area contributed by atoms with Gasteiger partial charge in [-0.05, 0) is 39.0 Å². The molecule has 1 aliphatic carbocycles. The molecule has 1 aromatic rings. The summed E-state index contributed by atoms with van der Waals surface area (Å²) in [5.41, 5.74) is 7.75. The third-order valence-corrected chi connectivity index (χ3v) is 3.43. The zero-order valence-corrected chi connectivity index (χ0v) is 10.6. The van der Waals surface area contributed by atoms with E-state index in [2.05, 4.69) is 31.2 Å². The molecule has 1 aliphatic rings. The van der Waals surface area contributed by atoms with Crippen LogP contribution in [0.2, 0.25) is 0 Å². The second kappa shape index (κ2) is 4.00. The molecule has 1 saturated carbocycles. The molecule has 3 N–H and O–H groups in total. The van der Waals surface area contributed by atoms with E-state index in [9.17, 15) is 0 Å². The van der Waals surface area contributed by atoms with E-state index in [0.29, 0.717) is 6.04 Å². The normalized spacial score (nSPS) is 23.8. The first-order chi connectivity index (χ1) is 7.50. The largest absolute Gasteiger partial charge is 0.394 e. The molecule has 0 saturated heterocycles. The van der Waals surface area contributed by atoms with E-state index >= 15 is 0 Å². The lowest BCUT2D eigenvalue weighted by molar-refractivity contribution is 0.533. The monoisotopic (exact) mass is 222 g/mol. The molecule has 2 atom stereocenters. The number of nitrogens with zero attached hydrogens (tertiary/aromatic N) is 2. The molecule has 2 rings (SSSR count). The number of hydrogen-bond acceptors (Lipinski definition) is 3. The van der Waals surface area contributed by atoms with Crippen molar-refractivity contribution in [2.75, 3.05) is 17.6 Å². The van der Waals surface area contributed by atoms with Gasteiger partial charge in [0.1, 0.15) is 5.82 Å². The van der Waals surface area contributed by atoms with Gasteiger partial charge in [-0.2, -0.15) is 5.10 Å². The summed E-state index contributed by atoms with van der Waals surface area (Å²) in [4.78, 5) is 0. The van der Waals surface area contributed by atoms with E-state index in [1.165, 1.54) is 6.42 Å². The first-order valence-electron chi connectivity index (χ1n) is 6.09. The van der Waals surface area contributed by atoms with E-state index in [4.69, 9.17) is 5.73 Å². The van der Waals surface area contributed by atoms with Gasteiger partial charge in [0.2, 0.25) is 0 Å². The van der Waals surface area contributed by atoms with Gasteiger partial charge in [-0.3, -0.25) is 0 Å². The molecule has 0 radical (unpaired) electrons. The van der Waals surface area contributed by atoms with Crippen molar-refractivity contribution in [2.24, 2.45) is 11.8 Å². The number of aryl methyl sites for hydroxylation is 1. The Labute approximate surface area is 97.2 Å². The molecule has 4 nitrogen and oxygen atoms in total. The predicted molar refractivity (Wildman–Crippen MR) is 67.5 cm³/mol. The van der Waals surface area contributed by atoms with Crippen LogP contribution in [0, 0.1) is 18.8 Å². The maximum atomic E-state index is 6.04. The van der Waals surface area contributed by atoms with Crippen molar-refractivity contribution in [2.45, 2.75) is 40.2 Å². The molecule has 1 fully saturated rings. The highest BCUT2D eigenvalue weighted by Crippen LogP contribution is 2.38. The summed E-state index contributed by atoms with van der Waals surface area (Å²) >= 11 is 0. The molecule has 1 aromatic heterocycles. The topological polar surface area (TPSA) is 55.9 Å². The summed E-state index contributed by atoms with van der Waals surface area (Å²) in [5, 5.41) is 7.91. The Kier molecular flexibility index (Phi) is 2.82. The smallest absolute Gasteiger partial charge is 0.148 e. The molecule has 90 valence electrons. The predicted octanol–water partition coefficient (Wildman–Crippen LogP) is 2.42. The van der Waals surface area contributed by atoms with Crippen molar-refractivity contribution in [3.63, 3.8) is 0 Å². The SMILES string of the molecule is Cc1nn(C(C)C)c(NCC2CC2C)c1N. The first-order valence-corrected chi connectivity index (χ1v) is 6.09. The summed E-state index contributed by atoms with van der Waals surface area (Å²) in [6.45, 7) is 9.51. The number of rotatable bonds is 4. The minimum Gasteiger partial charge on any atom is -0.394 e. The first kappa shape index (κ1) is 11.3. The van der Waals surface area contributed by atoms with Crippen LogP contribution in [-0.2, 0) is 0 Å². The maximum Gasteiger partial charge on any atom is 0.148 e. The molecule has 16 heavy (non-hydrogen) atoms. The third-order valence-electron chi connectivity index (χ3n) is 3.43. The molecule has 1 heterocycles. The Balaban J connectivity index is 2.11.